The third-order valence-corrected chi connectivity index (χ3v) is 13.3. The minimum Gasteiger partial charge on any atom is -0.393 e. The Morgan fingerprint density at radius 3 is 2.16 bits per heavy atom. The van der Waals surface area contributed by atoms with Gasteiger partial charge in [0.25, 0.3) is 0 Å². The monoisotopic (exact) mass is 514 g/mol. The predicted molar refractivity (Wildman–Crippen MR) is 152 cm³/mol. The molecule has 37 heavy (non-hydrogen) atoms. The van der Waals surface area contributed by atoms with Crippen LogP contribution in [0.3, 0.4) is 0 Å². The van der Waals surface area contributed by atoms with Crippen LogP contribution in [0.15, 0.2) is 0 Å². The molecule has 11 unspecified atom stereocenters. The lowest BCUT2D eigenvalue weighted by Gasteiger charge is -2.68. The van der Waals surface area contributed by atoms with Crippen molar-refractivity contribution in [1.29, 1.82) is 0 Å². The number of ketones is 2. The molecular weight excluding hydrogens is 456 g/mol. The van der Waals surface area contributed by atoms with Gasteiger partial charge < -0.3 is 5.11 Å². The summed E-state index contributed by atoms with van der Waals surface area (Å²) in [4.78, 5) is 28.3. The van der Waals surface area contributed by atoms with Crippen molar-refractivity contribution in [3.05, 3.63) is 0 Å². The zero-order valence-electron chi connectivity index (χ0n) is 25.7. The molecule has 0 aliphatic heterocycles. The number of aliphatic hydroxyl groups is 1. The molecular formula is C34H58O3. The molecule has 0 aromatic rings. The zero-order valence-corrected chi connectivity index (χ0v) is 25.7. The first-order valence-corrected chi connectivity index (χ1v) is 16.1. The van der Waals surface area contributed by atoms with E-state index < -0.39 is 0 Å². The van der Waals surface area contributed by atoms with Gasteiger partial charge in [-0.1, -0.05) is 62.3 Å². The molecule has 5 fully saturated rings. The van der Waals surface area contributed by atoms with Crippen molar-refractivity contribution in [3.8, 4) is 0 Å². The third-order valence-electron chi connectivity index (χ3n) is 13.3. The van der Waals surface area contributed by atoms with E-state index in [4.69, 9.17) is 0 Å². The minimum absolute atomic E-state index is 0.0735. The molecule has 5 saturated carbocycles. The first kappa shape index (κ1) is 29.3. The summed E-state index contributed by atoms with van der Waals surface area (Å²) in [6.45, 7) is 20.3. The van der Waals surface area contributed by atoms with E-state index in [9.17, 15) is 14.7 Å². The first-order valence-electron chi connectivity index (χ1n) is 16.1. The van der Waals surface area contributed by atoms with E-state index in [0.29, 0.717) is 41.7 Å². The van der Waals surface area contributed by atoms with E-state index in [1.54, 1.807) is 0 Å². The summed E-state index contributed by atoms with van der Waals surface area (Å²) < 4.78 is 0. The van der Waals surface area contributed by atoms with Gasteiger partial charge in [-0.05, 0) is 110 Å². The standard InChI is InChI=1S/C32H52O3.C2H6/c1-8-19(2)28(35)32-14-10-22-27(23(32)18-29(4,5)15-16-32)25(34)17-26-30(6)13-11-24(33)20(3)21(30)9-12-31(22,26)7;1-2/h19-24,26-27,33H,8-18H2,1-7H3;1-2H3. The fourth-order valence-electron chi connectivity index (χ4n) is 11.0. The van der Waals surface area contributed by atoms with E-state index in [0.717, 1.165) is 51.4 Å². The molecule has 0 saturated heterocycles. The fraction of sp³-hybridized carbons (Fsp3) is 0.941. The van der Waals surface area contributed by atoms with Gasteiger partial charge in [-0.2, -0.15) is 0 Å². The SMILES string of the molecule is CC.CCC(C)C(=O)C12CCC3C(C(=O)CC4C5(C)CCC(O)C(C)C5CCC34C)C1CC(C)(C)CC2. The van der Waals surface area contributed by atoms with Crippen molar-refractivity contribution in [2.45, 2.75) is 139 Å². The highest BCUT2D eigenvalue weighted by molar-refractivity contribution is 5.90. The molecule has 0 radical (unpaired) electrons. The fourth-order valence-corrected chi connectivity index (χ4v) is 11.0. The largest absolute Gasteiger partial charge is 0.393 e. The summed E-state index contributed by atoms with van der Waals surface area (Å²) in [6, 6.07) is 0. The van der Waals surface area contributed by atoms with Crippen molar-refractivity contribution in [2.75, 3.05) is 0 Å². The number of carbonyl (C=O) groups is 2. The van der Waals surface area contributed by atoms with Crippen molar-refractivity contribution in [3.63, 3.8) is 0 Å². The number of hydrogen-bond acceptors (Lipinski definition) is 3. The number of carbonyl (C=O) groups excluding carboxylic acids is 2. The summed E-state index contributed by atoms with van der Waals surface area (Å²) in [5.41, 5.74) is 0.274. The van der Waals surface area contributed by atoms with Crippen molar-refractivity contribution in [2.24, 2.45) is 63.1 Å². The molecule has 0 spiro atoms. The maximum absolute atomic E-state index is 14.3. The second kappa shape index (κ2) is 10.0. The number of fused-ring (bicyclic) bond motifs is 7. The smallest absolute Gasteiger partial charge is 0.142 e. The van der Waals surface area contributed by atoms with E-state index in [1.807, 2.05) is 13.8 Å². The molecule has 11 atom stereocenters. The summed E-state index contributed by atoms with van der Waals surface area (Å²) in [5.74, 6) is 3.07. The Hall–Kier alpha value is -0.700. The molecule has 1 N–H and O–H groups in total. The number of hydrogen-bond donors (Lipinski definition) is 1. The highest BCUT2D eigenvalue weighted by Gasteiger charge is 2.68. The van der Waals surface area contributed by atoms with Crippen LogP contribution in [0.4, 0.5) is 0 Å². The maximum Gasteiger partial charge on any atom is 0.142 e. The Kier molecular flexibility index (Phi) is 7.95. The van der Waals surface area contributed by atoms with Gasteiger partial charge in [0.1, 0.15) is 11.6 Å². The van der Waals surface area contributed by atoms with Gasteiger partial charge in [0.2, 0.25) is 0 Å². The van der Waals surface area contributed by atoms with Crippen molar-refractivity contribution >= 4 is 11.6 Å². The lowest BCUT2D eigenvalue weighted by atomic mass is 9.35. The molecule has 212 valence electrons. The van der Waals surface area contributed by atoms with Crippen LogP contribution in [-0.2, 0) is 9.59 Å². The maximum atomic E-state index is 14.3. The van der Waals surface area contributed by atoms with Gasteiger partial charge >= 0.3 is 0 Å². The van der Waals surface area contributed by atoms with E-state index >= 15 is 0 Å². The molecule has 0 aromatic heterocycles. The molecule has 5 aliphatic carbocycles. The Labute approximate surface area is 228 Å². The summed E-state index contributed by atoms with van der Waals surface area (Å²) in [5, 5.41) is 10.7. The van der Waals surface area contributed by atoms with E-state index in [-0.39, 0.29) is 45.5 Å². The number of Topliss-reactive ketones (excluding diaryl/α,β-unsaturated/α-hetero) is 2. The average molecular weight is 515 g/mol. The van der Waals surface area contributed by atoms with Gasteiger partial charge in [-0.25, -0.2) is 0 Å². The molecule has 3 heteroatoms. The summed E-state index contributed by atoms with van der Waals surface area (Å²) >= 11 is 0. The quantitative estimate of drug-likeness (QED) is 0.412. The number of aliphatic hydroxyl groups excluding tert-OH is 1. The highest BCUT2D eigenvalue weighted by atomic mass is 16.3. The Bertz CT molecular complexity index is 876. The third kappa shape index (κ3) is 4.31. The molecule has 5 rings (SSSR count). The predicted octanol–water partition coefficient (Wildman–Crippen LogP) is 8.27. The second-order valence-electron chi connectivity index (χ2n) is 15.3. The summed E-state index contributed by atoms with van der Waals surface area (Å²) in [7, 11) is 0. The number of rotatable bonds is 3. The van der Waals surface area contributed by atoms with Gasteiger partial charge in [0, 0.05) is 23.7 Å². The van der Waals surface area contributed by atoms with Gasteiger partial charge in [0.15, 0.2) is 0 Å². The van der Waals surface area contributed by atoms with Gasteiger partial charge in [0.05, 0.1) is 6.10 Å². The first-order chi connectivity index (χ1) is 17.3. The molecule has 3 nitrogen and oxygen atoms in total. The Balaban J connectivity index is 0.00000156. The van der Waals surface area contributed by atoms with Crippen LogP contribution < -0.4 is 0 Å². The lowest BCUT2D eigenvalue weighted by Crippen LogP contribution is -2.65. The van der Waals surface area contributed by atoms with E-state index in [2.05, 4.69) is 48.5 Å². The molecule has 0 amide bonds. The molecule has 5 aliphatic rings. The van der Waals surface area contributed by atoms with E-state index in [1.165, 1.54) is 12.8 Å². The van der Waals surface area contributed by atoms with Gasteiger partial charge in [-0.3, -0.25) is 9.59 Å². The van der Waals surface area contributed by atoms with Crippen LogP contribution in [0.1, 0.15) is 133 Å². The topological polar surface area (TPSA) is 54.4 Å². The van der Waals surface area contributed by atoms with Crippen LogP contribution in [0.25, 0.3) is 0 Å². The summed E-state index contributed by atoms with van der Waals surface area (Å²) in [6.07, 6.45) is 10.9. The Morgan fingerprint density at radius 1 is 0.919 bits per heavy atom. The van der Waals surface area contributed by atoms with Crippen LogP contribution in [0, 0.1) is 63.1 Å². The van der Waals surface area contributed by atoms with Crippen LogP contribution in [-0.4, -0.2) is 22.8 Å². The van der Waals surface area contributed by atoms with Crippen molar-refractivity contribution in [1.82, 2.24) is 0 Å². The normalized spacial score (nSPS) is 49.2. The van der Waals surface area contributed by atoms with Crippen LogP contribution in [0.5, 0.6) is 0 Å². The van der Waals surface area contributed by atoms with Gasteiger partial charge in [-0.15, -0.1) is 0 Å². The molecule has 0 heterocycles. The van der Waals surface area contributed by atoms with Crippen LogP contribution >= 0.6 is 0 Å². The second-order valence-corrected chi connectivity index (χ2v) is 15.3. The average Bonchev–Trinajstić information content (AvgIpc) is 2.87. The minimum atomic E-state index is -0.268. The van der Waals surface area contributed by atoms with Crippen molar-refractivity contribution < 1.29 is 14.7 Å². The molecule has 0 aromatic carbocycles. The molecule has 0 bridgehead atoms. The van der Waals surface area contributed by atoms with Crippen LogP contribution in [0.2, 0.25) is 0 Å². The lowest BCUT2D eigenvalue weighted by molar-refractivity contribution is -0.205. The highest BCUT2D eigenvalue weighted by Crippen LogP contribution is 2.71. The Morgan fingerprint density at radius 2 is 1.51 bits per heavy atom. The zero-order chi connectivity index (χ0) is 27.6.